The van der Waals surface area contributed by atoms with Crippen molar-refractivity contribution in [1.82, 2.24) is 14.5 Å². The zero-order valence-corrected chi connectivity index (χ0v) is 19.4. The van der Waals surface area contributed by atoms with Crippen molar-refractivity contribution < 1.29 is 9.18 Å². The van der Waals surface area contributed by atoms with Gasteiger partial charge < -0.3 is 20.4 Å². The van der Waals surface area contributed by atoms with Crippen LogP contribution in [0.1, 0.15) is 18.4 Å². The number of piperidine rings is 1. The summed E-state index contributed by atoms with van der Waals surface area (Å²) < 4.78 is 16.3. The predicted octanol–water partition coefficient (Wildman–Crippen LogP) is 3.61. The fourth-order valence-electron chi connectivity index (χ4n) is 4.21. The number of nitrogens with one attached hydrogen (secondary N) is 2. The molecule has 34 heavy (non-hydrogen) atoms. The maximum absolute atomic E-state index is 14.8. The lowest BCUT2D eigenvalue weighted by molar-refractivity contribution is 0.249. The minimum atomic E-state index is -0.477. The van der Waals surface area contributed by atoms with Gasteiger partial charge in [0.05, 0.1) is 12.2 Å². The van der Waals surface area contributed by atoms with Gasteiger partial charge in [-0.15, -0.1) is 0 Å². The van der Waals surface area contributed by atoms with Crippen molar-refractivity contribution in [1.29, 1.82) is 0 Å². The second-order valence-corrected chi connectivity index (χ2v) is 8.66. The summed E-state index contributed by atoms with van der Waals surface area (Å²) in [4.78, 5) is 32.3. The first-order valence-electron chi connectivity index (χ1n) is 11.3. The maximum Gasteiger partial charge on any atom is 0.347 e. The largest absolute Gasteiger partial charge is 0.369 e. The molecular formula is C25H29FN6O2. The average Bonchev–Trinajstić information content (AvgIpc) is 2.81. The molecule has 0 bridgehead atoms. The number of hydrogen-bond donors (Lipinski definition) is 2. The number of aromatic nitrogens is 2. The first-order chi connectivity index (χ1) is 16.4. The molecule has 1 saturated heterocycles. The summed E-state index contributed by atoms with van der Waals surface area (Å²) in [7, 11) is 4.15. The van der Waals surface area contributed by atoms with Gasteiger partial charge in [0.25, 0.3) is 0 Å². The molecular weight excluding hydrogens is 435 g/mol. The molecule has 1 aliphatic rings. The number of carbonyl (C=O) groups excluding carboxylic acids is 1. The van der Waals surface area contributed by atoms with Gasteiger partial charge in [-0.3, -0.25) is 4.57 Å². The van der Waals surface area contributed by atoms with Crippen molar-refractivity contribution in [2.45, 2.75) is 25.4 Å². The van der Waals surface area contributed by atoms with Gasteiger partial charge >= 0.3 is 11.7 Å². The van der Waals surface area contributed by atoms with Gasteiger partial charge in [0.2, 0.25) is 0 Å². The highest BCUT2D eigenvalue weighted by Crippen LogP contribution is 2.27. The van der Waals surface area contributed by atoms with Crippen molar-refractivity contribution >= 4 is 23.1 Å². The third-order valence-electron chi connectivity index (χ3n) is 6.06. The Kier molecular flexibility index (Phi) is 7.22. The summed E-state index contributed by atoms with van der Waals surface area (Å²) in [5.74, 6) is -0.356. The molecule has 0 atom stereocenters. The van der Waals surface area contributed by atoms with Gasteiger partial charge in [-0.2, -0.15) is 0 Å². The summed E-state index contributed by atoms with van der Waals surface area (Å²) in [5, 5.41) is 5.43. The molecule has 4 rings (SSSR count). The van der Waals surface area contributed by atoms with E-state index >= 15 is 0 Å². The molecule has 2 heterocycles. The Balaban J connectivity index is 1.36. The molecule has 0 aliphatic carbocycles. The Morgan fingerprint density at radius 1 is 1.09 bits per heavy atom. The van der Waals surface area contributed by atoms with E-state index in [1.54, 1.807) is 42.6 Å². The summed E-state index contributed by atoms with van der Waals surface area (Å²) >= 11 is 0. The zero-order valence-electron chi connectivity index (χ0n) is 19.4. The third kappa shape index (κ3) is 5.79. The van der Waals surface area contributed by atoms with E-state index in [0.29, 0.717) is 29.6 Å². The minimum Gasteiger partial charge on any atom is -0.369 e. The van der Waals surface area contributed by atoms with Crippen LogP contribution in [0.2, 0.25) is 0 Å². The van der Waals surface area contributed by atoms with Crippen LogP contribution in [-0.4, -0.2) is 53.7 Å². The number of hydrogen-bond acceptors (Lipinski definition) is 5. The second-order valence-electron chi connectivity index (χ2n) is 8.66. The van der Waals surface area contributed by atoms with Crippen LogP contribution >= 0.6 is 0 Å². The highest BCUT2D eigenvalue weighted by atomic mass is 19.1. The van der Waals surface area contributed by atoms with Crippen molar-refractivity contribution in [2.24, 2.45) is 0 Å². The lowest BCUT2D eigenvalue weighted by Gasteiger charge is -2.36. The van der Waals surface area contributed by atoms with E-state index in [1.807, 2.05) is 6.07 Å². The number of urea groups is 1. The van der Waals surface area contributed by atoms with Crippen molar-refractivity contribution in [3.8, 4) is 0 Å². The molecule has 1 fully saturated rings. The Labute approximate surface area is 198 Å². The van der Waals surface area contributed by atoms with Crippen LogP contribution in [0.25, 0.3) is 0 Å². The fraction of sp³-hybridized carbons (Fsp3) is 0.320. The molecule has 0 saturated carbocycles. The normalized spacial score (nSPS) is 14.3. The number of carbonyl (C=O) groups is 1. The molecule has 1 aliphatic heterocycles. The zero-order chi connectivity index (χ0) is 24.1. The van der Waals surface area contributed by atoms with E-state index in [-0.39, 0.29) is 11.5 Å². The first kappa shape index (κ1) is 23.4. The van der Waals surface area contributed by atoms with Crippen LogP contribution in [-0.2, 0) is 6.54 Å². The van der Waals surface area contributed by atoms with E-state index in [1.165, 1.54) is 16.8 Å². The van der Waals surface area contributed by atoms with Gasteiger partial charge in [0, 0.05) is 42.9 Å². The Morgan fingerprint density at radius 3 is 2.50 bits per heavy atom. The number of nitrogens with zero attached hydrogens (tertiary/aromatic N) is 4. The average molecular weight is 465 g/mol. The van der Waals surface area contributed by atoms with E-state index in [2.05, 4.69) is 39.5 Å². The molecule has 2 amide bonds. The Morgan fingerprint density at radius 2 is 1.82 bits per heavy atom. The van der Waals surface area contributed by atoms with Gasteiger partial charge in [0.15, 0.2) is 0 Å². The standard InChI is InChI=1S/C25H29FN6O2/c1-30(2)21-9-13-31(14-10-21)23-8-7-20(16-22(23)26)29-24(33)28-19-6-3-5-18(15-19)17-32-12-4-11-27-25(32)34/h3-8,11-12,15-16,21H,9-10,13-14,17H2,1-2H3,(H2,28,29,33). The number of amides is 2. The molecule has 3 aromatic rings. The monoisotopic (exact) mass is 464 g/mol. The molecule has 1 aromatic heterocycles. The topological polar surface area (TPSA) is 82.5 Å². The number of halogens is 1. The molecule has 2 N–H and O–H groups in total. The summed E-state index contributed by atoms with van der Waals surface area (Å²) in [5.41, 5.74) is 1.99. The van der Waals surface area contributed by atoms with Gasteiger partial charge in [-0.25, -0.2) is 19.0 Å². The van der Waals surface area contributed by atoms with Crippen LogP contribution in [0.15, 0.2) is 65.7 Å². The van der Waals surface area contributed by atoms with Crippen LogP contribution in [0, 0.1) is 5.82 Å². The SMILES string of the molecule is CN(C)C1CCN(c2ccc(NC(=O)Nc3cccc(Cn4cccnc4=O)c3)cc2F)CC1. The predicted molar refractivity (Wildman–Crippen MR) is 132 cm³/mol. The summed E-state index contributed by atoms with van der Waals surface area (Å²) in [6.07, 6.45) is 5.08. The fourth-order valence-corrected chi connectivity index (χ4v) is 4.21. The number of rotatable bonds is 6. The quantitative estimate of drug-likeness (QED) is 0.583. The van der Waals surface area contributed by atoms with Crippen molar-refractivity contribution in [2.75, 3.05) is 42.7 Å². The molecule has 0 radical (unpaired) electrons. The van der Waals surface area contributed by atoms with Gasteiger partial charge in [-0.05, 0) is 68.9 Å². The highest BCUT2D eigenvalue weighted by molar-refractivity contribution is 5.99. The third-order valence-corrected chi connectivity index (χ3v) is 6.06. The Bertz CT molecular complexity index is 1200. The number of benzene rings is 2. The van der Waals surface area contributed by atoms with E-state index in [9.17, 15) is 14.0 Å². The Hall–Kier alpha value is -3.72. The molecule has 2 aromatic carbocycles. The van der Waals surface area contributed by atoms with E-state index in [4.69, 9.17) is 0 Å². The van der Waals surface area contributed by atoms with Crippen LogP contribution in [0.3, 0.4) is 0 Å². The van der Waals surface area contributed by atoms with E-state index < -0.39 is 6.03 Å². The van der Waals surface area contributed by atoms with Gasteiger partial charge in [-0.1, -0.05) is 12.1 Å². The maximum atomic E-state index is 14.8. The molecule has 178 valence electrons. The minimum absolute atomic E-state index is 0.336. The summed E-state index contributed by atoms with van der Waals surface area (Å²) in [6.45, 7) is 1.94. The van der Waals surface area contributed by atoms with Crippen LogP contribution in [0.4, 0.5) is 26.2 Å². The summed E-state index contributed by atoms with van der Waals surface area (Å²) in [6, 6.07) is 13.7. The number of anilines is 3. The van der Waals surface area contributed by atoms with Crippen LogP contribution < -0.4 is 21.2 Å². The van der Waals surface area contributed by atoms with Crippen molar-refractivity contribution in [3.05, 3.63) is 82.8 Å². The smallest absolute Gasteiger partial charge is 0.347 e. The van der Waals surface area contributed by atoms with Gasteiger partial charge in [0.1, 0.15) is 5.82 Å². The molecule has 0 spiro atoms. The van der Waals surface area contributed by atoms with Crippen molar-refractivity contribution in [3.63, 3.8) is 0 Å². The first-order valence-corrected chi connectivity index (χ1v) is 11.3. The lowest BCUT2D eigenvalue weighted by Crippen LogP contribution is -2.42. The van der Waals surface area contributed by atoms with Crippen LogP contribution in [0.5, 0.6) is 0 Å². The van der Waals surface area contributed by atoms with E-state index in [0.717, 1.165) is 31.5 Å². The molecule has 8 nitrogen and oxygen atoms in total. The second kappa shape index (κ2) is 10.5. The molecule has 0 unspecified atom stereocenters. The highest BCUT2D eigenvalue weighted by Gasteiger charge is 2.22. The lowest BCUT2D eigenvalue weighted by atomic mass is 10.0. The molecule has 9 heteroatoms.